The van der Waals surface area contributed by atoms with E-state index in [4.69, 9.17) is 10.00 Å². The number of halogens is 1. The van der Waals surface area contributed by atoms with Crippen LogP contribution >= 0.6 is 15.9 Å². The number of hydrogen-bond acceptors (Lipinski definition) is 4. The summed E-state index contributed by atoms with van der Waals surface area (Å²) in [6.45, 7) is 0.300. The Labute approximate surface area is 107 Å². The summed E-state index contributed by atoms with van der Waals surface area (Å²) in [4.78, 5) is 7.95. The summed E-state index contributed by atoms with van der Waals surface area (Å²) in [7, 11) is 0. The summed E-state index contributed by atoms with van der Waals surface area (Å²) >= 11 is 3.31. The van der Waals surface area contributed by atoms with Crippen molar-refractivity contribution in [2.24, 2.45) is 0 Å². The van der Waals surface area contributed by atoms with Crippen molar-refractivity contribution in [3.8, 4) is 11.8 Å². The van der Waals surface area contributed by atoms with Crippen LogP contribution in [0.1, 0.15) is 11.3 Å². The van der Waals surface area contributed by atoms with Crippen molar-refractivity contribution in [1.82, 2.24) is 9.97 Å². The van der Waals surface area contributed by atoms with Crippen LogP contribution in [0.2, 0.25) is 0 Å². The summed E-state index contributed by atoms with van der Waals surface area (Å²) in [5, 5.41) is 8.87. The van der Waals surface area contributed by atoms with Gasteiger partial charge < -0.3 is 4.74 Å². The molecule has 2 aromatic heterocycles. The highest BCUT2D eigenvalue weighted by molar-refractivity contribution is 9.10. The molecule has 4 nitrogen and oxygen atoms in total. The molecule has 0 bridgehead atoms. The highest BCUT2D eigenvalue weighted by Gasteiger charge is 2.03. The standard InChI is InChI=1S/C12H8BrN3O/c13-10-4-11(7-15-6-10)17-8-9-2-1-3-16-12(9)5-14/h1-4,6-7H,8H2. The molecular formula is C12H8BrN3O. The van der Waals surface area contributed by atoms with Gasteiger partial charge in [0.2, 0.25) is 0 Å². The number of pyridine rings is 2. The van der Waals surface area contributed by atoms with E-state index in [-0.39, 0.29) is 0 Å². The van der Waals surface area contributed by atoms with Crippen LogP contribution < -0.4 is 4.74 Å². The van der Waals surface area contributed by atoms with Crippen LogP contribution in [0, 0.1) is 11.3 Å². The van der Waals surface area contributed by atoms with Crippen molar-refractivity contribution in [2.75, 3.05) is 0 Å². The van der Waals surface area contributed by atoms with Gasteiger partial charge in [-0.2, -0.15) is 5.26 Å². The number of ether oxygens (including phenoxy) is 1. The van der Waals surface area contributed by atoms with Crippen LogP contribution in [-0.2, 0) is 6.61 Å². The zero-order valence-corrected chi connectivity index (χ0v) is 10.4. The molecule has 5 heteroatoms. The first-order valence-corrected chi connectivity index (χ1v) is 5.66. The Morgan fingerprint density at radius 3 is 3.06 bits per heavy atom. The first-order valence-electron chi connectivity index (χ1n) is 4.87. The van der Waals surface area contributed by atoms with Gasteiger partial charge in [-0.05, 0) is 28.1 Å². The van der Waals surface area contributed by atoms with Gasteiger partial charge in [-0.15, -0.1) is 0 Å². The highest BCUT2D eigenvalue weighted by Crippen LogP contribution is 2.17. The smallest absolute Gasteiger partial charge is 0.147 e. The maximum absolute atomic E-state index is 8.87. The van der Waals surface area contributed by atoms with Crippen LogP contribution in [0.4, 0.5) is 0 Å². The minimum atomic E-state index is 0.300. The molecule has 0 spiro atoms. The molecule has 0 aliphatic rings. The van der Waals surface area contributed by atoms with Crippen molar-refractivity contribution in [3.05, 3.63) is 52.5 Å². The van der Waals surface area contributed by atoms with E-state index in [1.54, 1.807) is 24.7 Å². The van der Waals surface area contributed by atoms with Gasteiger partial charge in [0.1, 0.15) is 24.1 Å². The third-order valence-corrected chi connectivity index (χ3v) is 2.50. The van der Waals surface area contributed by atoms with Crippen molar-refractivity contribution in [2.45, 2.75) is 6.61 Å². The lowest BCUT2D eigenvalue weighted by Gasteiger charge is -2.06. The number of nitrogens with zero attached hydrogens (tertiary/aromatic N) is 3. The molecule has 2 rings (SSSR count). The molecule has 0 aromatic carbocycles. The molecule has 0 saturated heterocycles. The SMILES string of the molecule is N#Cc1ncccc1COc1cncc(Br)c1. The van der Waals surface area contributed by atoms with Crippen LogP contribution in [0.3, 0.4) is 0 Å². The lowest BCUT2D eigenvalue weighted by Crippen LogP contribution is -2.00. The maximum atomic E-state index is 8.87. The first-order chi connectivity index (χ1) is 8.29. The van der Waals surface area contributed by atoms with E-state index in [0.717, 1.165) is 10.0 Å². The van der Waals surface area contributed by atoms with E-state index in [2.05, 4.69) is 25.9 Å². The third kappa shape index (κ3) is 3.02. The summed E-state index contributed by atoms with van der Waals surface area (Å²) in [5.74, 6) is 0.645. The fourth-order valence-corrected chi connectivity index (χ4v) is 1.63. The largest absolute Gasteiger partial charge is 0.487 e. The molecule has 0 atom stereocenters. The Kier molecular flexibility index (Phi) is 3.68. The summed E-state index contributed by atoms with van der Waals surface area (Å²) < 4.78 is 6.38. The lowest BCUT2D eigenvalue weighted by atomic mass is 10.2. The summed E-state index contributed by atoms with van der Waals surface area (Å²) in [6.07, 6.45) is 4.88. The van der Waals surface area contributed by atoms with Gasteiger partial charge >= 0.3 is 0 Å². The molecule has 0 radical (unpaired) electrons. The van der Waals surface area contributed by atoms with Crippen LogP contribution in [0.15, 0.2) is 41.3 Å². The average molecular weight is 290 g/mol. The first kappa shape index (κ1) is 11.6. The van der Waals surface area contributed by atoms with E-state index in [9.17, 15) is 0 Å². The molecule has 0 N–H and O–H groups in total. The fourth-order valence-electron chi connectivity index (χ4n) is 1.29. The van der Waals surface area contributed by atoms with Gasteiger partial charge in [-0.3, -0.25) is 4.98 Å². The molecule has 0 fully saturated rings. The average Bonchev–Trinajstić information content (AvgIpc) is 2.37. The molecule has 2 aromatic rings. The summed E-state index contributed by atoms with van der Waals surface area (Å²) in [6, 6.07) is 7.44. The van der Waals surface area contributed by atoms with Crippen LogP contribution in [0.25, 0.3) is 0 Å². The van der Waals surface area contributed by atoms with E-state index < -0.39 is 0 Å². The zero-order chi connectivity index (χ0) is 12.1. The molecule has 2 heterocycles. The van der Waals surface area contributed by atoms with E-state index in [1.165, 1.54) is 0 Å². The molecule has 84 valence electrons. The Hall–Kier alpha value is -1.93. The Balaban J connectivity index is 2.10. The van der Waals surface area contributed by atoms with E-state index in [1.807, 2.05) is 18.2 Å². The van der Waals surface area contributed by atoms with Crippen molar-refractivity contribution < 1.29 is 4.74 Å². The minimum Gasteiger partial charge on any atom is -0.487 e. The molecule has 17 heavy (non-hydrogen) atoms. The fraction of sp³-hybridized carbons (Fsp3) is 0.0833. The van der Waals surface area contributed by atoms with Gasteiger partial charge in [0.15, 0.2) is 0 Å². The number of hydrogen-bond donors (Lipinski definition) is 0. The Morgan fingerprint density at radius 2 is 2.29 bits per heavy atom. The number of rotatable bonds is 3. The normalized spacial score (nSPS) is 9.65. The van der Waals surface area contributed by atoms with E-state index in [0.29, 0.717) is 18.1 Å². The molecule has 0 aliphatic heterocycles. The van der Waals surface area contributed by atoms with Gasteiger partial charge in [0.25, 0.3) is 0 Å². The molecule has 0 saturated carbocycles. The van der Waals surface area contributed by atoms with Gasteiger partial charge in [0.05, 0.1) is 6.20 Å². The third-order valence-electron chi connectivity index (χ3n) is 2.07. The quantitative estimate of drug-likeness (QED) is 0.872. The monoisotopic (exact) mass is 289 g/mol. The van der Waals surface area contributed by atoms with Crippen molar-refractivity contribution in [1.29, 1.82) is 5.26 Å². The maximum Gasteiger partial charge on any atom is 0.147 e. The lowest BCUT2D eigenvalue weighted by molar-refractivity contribution is 0.304. The van der Waals surface area contributed by atoms with Crippen molar-refractivity contribution >= 4 is 15.9 Å². The van der Waals surface area contributed by atoms with Crippen LogP contribution in [0.5, 0.6) is 5.75 Å². The predicted octanol–water partition coefficient (Wildman–Crippen LogP) is 2.69. The van der Waals surface area contributed by atoms with Gasteiger partial charge in [-0.25, -0.2) is 4.98 Å². The Morgan fingerprint density at radius 1 is 1.41 bits per heavy atom. The van der Waals surface area contributed by atoms with Gasteiger partial charge in [-0.1, -0.05) is 6.07 Å². The number of nitriles is 1. The van der Waals surface area contributed by atoms with Crippen LogP contribution in [-0.4, -0.2) is 9.97 Å². The minimum absolute atomic E-state index is 0.300. The Bertz CT molecular complexity index is 566. The predicted molar refractivity (Wildman–Crippen MR) is 65.2 cm³/mol. The topological polar surface area (TPSA) is 58.8 Å². The highest BCUT2D eigenvalue weighted by atomic mass is 79.9. The second-order valence-corrected chi connectivity index (χ2v) is 4.17. The summed E-state index contributed by atoms with van der Waals surface area (Å²) in [5.41, 5.74) is 1.14. The second kappa shape index (κ2) is 5.41. The molecule has 0 aliphatic carbocycles. The molecule has 0 amide bonds. The van der Waals surface area contributed by atoms with Crippen molar-refractivity contribution in [3.63, 3.8) is 0 Å². The molecular weight excluding hydrogens is 282 g/mol. The van der Waals surface area contributed by atoms with Gasteiger partial charge in [0, 0.05) is 22.4 Å². The second-order valence-electron chi connectivity index (χ2n) is 3.25. The molecule has 0 unspecified atom stereocenters. The van der Waals surface area contributed by atoms with E-state index >= 15 is 0 Å². The zero-order valence-electron chi connectivity index (χ0n) is 8.80. The number of aromatic nitrogens is 2.